The van der Waals surface area contributed by atoms with E-state index >= 15 is 8.78 Å². The molecule has 2 aromatic heterocycles. The molecule has 0 saturated heterocycles. The van der Waals surface area contributed by atoms with Crippen molar-refractivity contribution in [2.75, 3.05) is 0 Å². The summed E-state index contributed by atoms with van der Waals surface area (Å²) in [4.78, 5) is 15.8. The summed E-state index contributed by atoms with van der Waals surface area (Å²) in [5, 5.41) is 59.0. The molecule has 0 saturated carbocycles. The van der Waals surface area contributed by atoms with E-state index in [0.29, 0.717) is 0 Å². The Morgan fingerprint density at radius 1 is 0.393 bits per heavy atom. The summed E-state index contributed by atoms with van der Waals surface area (Å²) in [6.45, 7) is 0. The number of nitriles is 6. The summed E-state index contributed by atoms with van der Waals surface area (Å²) in [7, 11) is 0. The Kier molecular flexibility index (Phi) is 9.09. The van der Waals surface area contributed by atoms with Crippen LogP contribution in [0.15, 0.2) is 11.1 Å². The van der Waals surface area contributed by atoms with Crippen LogP contribution in [0.2, 0.25) is 0 Å². The highest BCUT2D eigenvalue weighted by Gasteiger charge is 2.49. The highest BCUT2D eigenvalue weighted by Crippen LogP contribution is 2.57. The Morgan fingerprint density at radius 2 is 0.643 bits per heavy atom. The molecule has 0 atom stereocenters. The lowest BCUT2D eigenvalue weighted by atomic mass is 9.90. The van der Waals surface area contributed by atoms with Gasteiger partial charge in [-0.05, 0) is 0 Å². The monoisotopic (exact) mass is 794 g/mol. The normalized spacial score (nSPS) is 13.9. The molecule has 0 radical (unpaired) electrons. The van der Waals surface area contributed by atoms with Gasteiger partial charge >= 0.3 is 24.7 Å². The average Bonchev–Trinajstić information content (AvgIpc) is 3.64. The summed E-state index contributed by atoms with van der Waals surface area (Å²) in [6.07, 6.45) is -23.3. The Bertz CT molecular complexity index is 2440. The molecule has 26 heteroatoms. The number of rotatable bonds is 2. The van der Waals surface area contributed by atoms with Gasteiger partial charge in [-0.25, -0.2) is 38.7 Å². The molecule has 0 N–H and O–H groups in total. The van der Waals surface area contributed by atoms with Gasteiger partial charge in [0.05, 0.1) is 11.1 Å². The zero-order chi connectivity index (χ0) is 42.0. The van der Waals surface area contributed by atoms with Crippen LogP contribution in [0.1, 0.15) is 57.2 Å². The maximum atomic E-state index is 17.0. The third-order valence-corrected chi connectivity index (χ3v) is 7.28. The summed E-state index contributed by atoms with van der Waals surface area (Å²) in [5.74, 6) is -18.5. The predicted octanol–water partition coefficient (Wildman–Crippen LogP) is 6.91. The molecule has 0 aliphatic heterocycles. The summed E-state index contributed by atoms with van der Waals surface area (Å²) < 4.78 is 198. The van der Waals surface area contributed by atoms with Crippen LogP contribution < -0.4 is 0 Å². The number of allylic oxidation sites excluding steroid dienone is 8. The fraction of sp³-hybridized carbons (Fsp3) is 0.133. The van der Waals surface area contributed by atoms with Crippen molar-refractivity contribution < 1.29 is 61.5 Å². The molecule has 0 bridgehead atoms. The van der Waals surface area contributed by atoms with Gasteiger partial charge in [0.15, 0.2) is 11.6 Å². The first kappa shape index (κ1) is 39.4. The van der Waals surface area contributed by atoms with Crippen molar-refractivity contribution in [1.29, 1.82) is 31.6 Å². The Hall–Kier alpha value is -7.84. The molecule has 0 fully saturated rings. The average molecular weight is 794 g/mol. The number of benzene rings is 1. The second-order valence-electron chi connectivity index (χ2n) is 10.4. The molecule has 12 nitrogen and oxygen atoms in total. The predicted molar refractivity (Wildman–Crippen MR) is 147 cm³/mol. The van der Waals surface area contributed by atoms with E-state index in [4.69, 9.17) is 0 Å². The van der Waals surface area contributed by atoms with Crippen molar-refractivity contribution in [3.05, 3.63) is 80.0 Å². The highest BCUT2D eigenvalue weighted by atomic mass is 19.4. The van der Waals surface area contributed by atoms with Crippen LogP contribution in [0.3, 0.4) is 0 Å². The smallest absolute Gasteiger partial charge is 0.206 e. The van der Waals surface area contributed by atoms with E-state index in [1.54, 1.807) is 0 Å². The third kappa shape index (κ3) is 6.11. The summed E-state index contributed by atoms with van der Waals surface area (Å²) >= 11 is 0. The van der Waals surface area contributed by atoms with E-state index in [0.717, 1.165) is 36.4 Å². The number of alkyl halides is 12. The maximum Gasteiger partial charge on any atom is 0.451 e. The Morgan fingerprint density at radius 3 is 0.839 bits per heavy atom. The first-order valence-electron chi connectivity index (χ1n) is 13.7. The van der Waals surface area contributed by atoms with Crippen molar-refractivity contribution >= 4 is 33.4 Å². The van der Waals surface area contributed by atoms with E-state index in [1.165, 1.54) is 0 Å². The molecule has 2 heterocycles. The lowest BCUT2D eigenvalue weighted by Gasteiger charge is -2.14. The topological polar surface area (TPSA) is 220 Å². The van der Waals surface area contributed by atoms with Crippen LogP contribution in [0.4, 0.5) is 61.5 Å². The lowest BCUT2D eigenvalue weighted by Crippen LogP contribution is -2.21. The number of hydrogen-bond acceptors (Lipinski definition) is 12. The zero-order valence-electron chi connectivity index (χ0n) is 25.7. The van der Waals surface area contributed by atoms with E-state index in [-0.39, 0.29) is 0 Å². The minimum absolute atomic E-state index is 1.09. The second-order valence-corrected chi connectivity index (χ2v) is 10.4. The van der Waals surface area contributed by atoms with Gasteiger partial charge in [0.25, 0.3) is 0 Å². The summed E-state index contributed by atoms with van der Waals surface area (Å²) in [5.41, 5.74) is -18.5. The summed E-state index contributed by atoms with van der Waals surface area (Å²) in [6, 6.07) is 6.58. The van der Waals surface area contributed by atoms with Crippen LogP contribution in [0.5, 0.6) is 0 Å². The van der Waals surface area contributed by atoms with Crippen LogP contribution in [-0.4, -0.2) is 29.9 Å². The molecule has 0 amide bonds. The molecule has 278 valence electrons. The molecule has 3 aromatic rings. The van der Waals surface area contributed by atoms with Crippen LogP contribution >= 0.6 is 0 Å². The molecule has 5 rings (SSSR count). The first-order valence-corrected chi connectivity index (χ1v) is 13.7. The minimum Gasteiger partial charge on any atom is -0.206 e. The van der Waals surface area contributed by atoms with Crippen LogP contribution in [0.25, 0.3) is 33.4 Å². The number of fused-ring (bicyclic) bond motifs is 2. The van der Waals surface area contributed by atoms with Crippen molar-refractivity contribution in [3.8, 4) is 36.4 Å². The fourth-order valence-corrected chi connectivity index (χ4v) is 5.30. The van der Waals surface area contributed by atoms with Gasteiger partial charge in [-0.1, -0.05) is 0 Å². The van der Waals surface area contributed by atoms with Gasteiger partial charge in [0.2, 0.25) is 23.3 Å². The quantitative estimate of drug-likeness (QED) is 0.191. The number of nitrogens with zero attached hydrogens (tertiary/aromatic N) is 12. The number of aromatic nitrogens is 6. The Balaban J connectivity index is 2.05. The fourth-order valence-electron chi connectivity index (χ4n) is 5.30. The Labute approximate surface area is 297 Å². The molecule has 56 heavy (non-hydrogen) atoms. The molecular weight excluding hydrogens is 794 g/mol. The number of hydrogen-bond donors (Lipinski definition) is 0. The molecule has 0 spiro atoms. The van der Waals surface area contributed by atoms with E-state index in [1.807, 2.05) is 0 Å². The molecule has 1 aromatic carbocycles. The van der Waals surface area contributed by atoms with Crippen LogP contribution in [0, 0.1) is 79.6 Å². The lowest BCUT2D eigenvalue weighted by molar-refractivity contribution is -0.156. The van der Waals surface area contributed by atoms with Gasteiger partial charge < -0.3 is 0 Å². The van der Waals surface area contributed by atoms with Crippen molar-refractivity contribution in [3.63, 3.8) is 0 Å². The molecule has 2 aliphatic rings. The van der Waals surface area contributed by atoms with Crippen molar-refractivity contribution in [2.24, 2.45) is 0 Å². The number of halogens is 14. The van der Waals surface area contributed by atoms with Crippen molar-refractivity contribution in [1.82, 2.24) is 29.9 Å². The highest BCUT2D eigenvalue weighted by molar-refractivity contribution is 6.29. The zero-order valence-corrected chi connectivity index (χ0v) is 25.7. The molecule has 0 unspecified atom stereocenters. The standard InChI is InChI=1S/C30F14N12/c31-19-14-10(6-50)16(22-53-25(29(39,40)41)56-26(54-22)30(42,43)44)12(8(3-47)4-48)18(14)20(32)13-9(5-49)15(11(17(13)19)7(1-45)2-46)21-51-23(27(33,34)35)55-24(52-21)28(36,37)38. The van der Waals surface area contributed by atoms with E-state index < -0.39 is 138 Å². The first-order chi connectivity index (χ1) is 25.9. The minimum atomic E-state index is -5.83. The van der Waals surface area contributed by atoms with Gasteiger partial charge in [-0.3, -0.25) is 0 Å². The second kappa shape index (κ2) is 12.9. The third-order valence-electron chi connectivity index (χ3n) is 7.28. The van der Waals surface area contributed by atoms with Crippen LogP contribution in [-0.2, 0) is 24.7 Å². The largest absolute Gasteiger partial charge is 0.451 e. The van der Waals surface area contributed by atoms with E-state index in [9.17, 15) is 84.3 Å². The SMILES string of the molecule is N#CC(C#N)=C1C(c2nc(C(F)(F)F)nc(C(F)(F)F)n2)=C(C#N)c2c(F)c3c(c(F)c21)C(C#N)=C(c1nc(C(F)(F)F)nc(C(F)(F)F)n1)C3=C(C#N)C#N. The molecule has 2 aliphatic carbocycles. The van der Waals surface area contributed by atoms with Gasteiger partial charge in [-0.15, -0.1) is 0 Å². The van der Waals surface area contributed by atoms with Gasteiger partial charge in [0.1, 0.15) is 59.2 Å². The maximum absolute atomic E-state index is 17.0. The van der Waals surface area contributed by atoms with Crippen molar-refractivity contribution in [2.45, 2.75) is 24.7 Å². The van der Waals surface area contributed by atoms with E-state index in [2.05, 4.69) is 29.9 Å². The van der Waals surface area contributed by atoms with Gasteiger partial charge in [-0.2, -0.15) is 84.3 Å². The molecular formula is C30F14N12. The van der Waals surface area contributed by atoms with Gasteiger partial charge in [0, 0.05) is 44.5 Å².